The number of aromatic nitrogens is 2. The molecule has 1 aliphatic rings. The van der Waals surface area contributed by atoms with Crippen LogP contribution in [0, 0.1) is 11.3 Å². The summed E-state index contributed by atoms with van der Waals surface area (Å²) in [5.74, 6) is -1.12. The van der Waals surface area contributed by atoms with Gasteiger partial charge < -0.3 is 0 Å². The molecule has 0 amide bonds. The summed E-state index contributed by atoms with van der Waals surface area (Å²) in [6.07, 6.45) is 6.79. The van der Waals surface area contributed by atoms with E-state index in [1.54, 1.807) is 18.5 Å². The fourth-order valence-electron chi connectivity index (χ4n) is 1.97. The molecule has 1 atom stereocenters. The highest BCUT2D eigenvalue weighted by Crippen LogP contribution is 2.19. The fourth-order valence-corrected chi connectivity index (χ4v) is 1.97. The van der Waals surface area contributed by atoms with Gasteiger partial charge in [0.25, 0.3) is 5.79 Å². The first-order chi connectivity index (χ1) is 7.27. The summed E-state index contributed by atoms with van der Waals surface area (Å²) in [6.45, 7) is 1.73. The normalized spacial score (nSPS) is 21.9. The van der Waals surface area contributed by atoms with Crippen LogP contribution in [0.3, 0.4) is 0 Å². The maximum absolute atomic E-state index is 9.23. The molecule has 1 aliphatic heterocycles. The van der Waals surface area contributed by atoms with Crippen LogP contribution in [0.1, 0.15) is 19.3 Å². The zero-order chi connectivity index (χ0) is 10.7. The van der Waals surface area contributed by atoms with Gasteiger partial charge in [-0.05, 0) is 18.9 Å². The zero-order valence-electron chi connectivity index (χ0n) is 8.63. The van der Waals surface area contributed by atoms with Crippen LogP contribution in [0.2, 0.25) is 0 Å². The van der Waals surface area contributed by atoms with Crippen molar-refractivity contribution in [1.29, 1.82) is 5.26 Å². The monoisotopic (exact) mass is 205 g/mol. The molecule has 1 aromatic heterocycles. The van der Waals surface area contributed by atoms with E-state index in [0.29, 0.717) is 0 Å². The smallest absolute Gasteiger partial charge is 0.256 e. The molecule has 15 heavy (non-hydrogen) atoms. The van der Waals surface area contributed by atoms with E-state index in [0.717, 1.165) is 25.9 Å². The van der Waals surface area contributed by atoms with Crippen molar-refractivity contribution < 1.29 is 0 Å². The standard InChI is InChI=1S/C10H15N5/c11-9-10(12,15-8-4-5-13-15)14-6-2-1-3-7-14/h4-5,8H,1-3,6-7,12H2. The van der Waals surface area contributed by atoms with Gasteiger partial charge in [-0.25, -0.2) is 4.68 Å². The number of piperidine rings is 1. The number of nitrogens with two attached hydrogens (primary N) is 1. The number of nitriles is 1. The largest absolute Gasteiger partial charge is 0.282 e. The molecule has 2 rings (SSSR count). The van der Waals surface area contributed by atoms with Crippen LogP contribution in [0.5, 0.6) is 0 Å². The molecule has 2 N–H and O–H groups in total. The Balaban J connectivity index is 2.25. The molecule has 0 spiro atoms. The van der Waals surface area contributed by atoms with Gasteiger partial charge in [-0.15, -0.1) is 0 Å². The van der Waals surface area contributed by atoms with Gasteiger partial charge in [0, 0.05) is 25.5 Å². The average Bonchev–Trinajstić information content (AvgIpc) is 2.83. The molecule has 0 aliphatic carbocycles. The predicted molar refractivity (Wildman–Crippen MR) is 55.4 cm³/mol. The topological polar surface area (TPSA) is 70.9 Å². The average molecular weight is 205 g/mol. The third kappa shape index (κ3) is 1.74. The molecule has 1 unspecified atom stereocenters. The van der Waals surface area contributed by atoms with Gasteiger partial charge >= 0.3 is 0 Å². The Morgan fingerprint density at radius 2 is 2.07 bits per heavy atom. The molecule has 5 nitrogen and oxygen atoms in total. The lowest BCUT2D eigenvalue weighted by molar-refractivity contribution is 0.0454. The van der Waals surface area contributed by atoms with Crippen molar-refractivity contribution in [2.45, 2.75) is 25.0 Å². The molecule has 5 heteroatoms. The van der Waals surface area contributed by atoms with Crippen molar-refractivity contribution in [3.05, 3.63) is 18.5 Å². The highest BCUT2D eigenvalue weighted by atomic mass is 15.5. The summed E-state index contributed by atoms with van der Waals surface area (Å²) in [6, 6.07) is 3.94. The van der Waals surface area contributed by atoms with Gasteiger partial charge in [-0.2, -0.15) is 10.4 Å². The second kappa shape index (κ2) is 4.01. The highest BCUT2D eigenvalue weighted by Gasteiger charge is 2.35. The van der Waals surface area contributed by atoms with Crippen molar-refractivity contribution >= 4 is 0 Å². The first-order valence-electron chi connectivity index (χ1n) is 5.23. The van der Waals surface area contributed by atoms with Crippen LogP contribution >= 0.6 is 0 Å². The minimum absolute atomic E-state index is 0.865. The van der Waals surface area contributed by atoms with Gasteiger partial charge in [0.1, 0.15) is 6.07 Å². The lowest BCUT2D eigenvalue weighted by atomic mass is 10.1. The molecule has 0 radical (unpaired) electrons. The molecule has 2 heterocycles. The third-order valence-corrected chi connectivity index (χ3v) is 2.86. The maximum atomic E-state index is 9.23. The maximum Gasteiger partial charge on any atom is 0.256 e. The van der Waals surface area contributed by atoms with Crippen LogP contribution in [0.15, 0.2) is 18.5 Å². The SMILES string of the molecule is N#CC(N)(N1CCCCC1)n1cccn1. The van der Waals surface area contributed by atoms with E-state index < -0.39 is 5.79 Å². The van der Waals surface area contributed by atoms with Gasteiger partial charge in [0.2, 0.25) is 0 Å². The Morgan fingerprint density at radius 1 is 1.33 bits per heavy atom. The molecule has 80 valence electrons. The second-order valence-electron chi connectivity index (χ2n) is 3.84. The molecule has 0 bridgehead atoms. The Kier molecular flexibility index (Phi) is 2.71. The van der Waals surface area contributed by atoms with Crippen molar-refractivity contribution in [1.82, 2.24) is 14.7 Å². The summed E-state index contributed by atoms with van der Waals surface area (Å²) in [5.41, 5.74) is 6.10. The van der Waals surface area contributed by atoms with E-state index in [4.69, 9.17) is 5.73 Å². The molecule has 0 aromatic carbocycles. The fraction of sp³-hybridized carbons (Fsp3) is 0.600. The van der Waals surface area contributed by atoms with E-state index >= 15 is 0 Å². The minimum atomic E-state index is -1.12. The second-order valence-corrected chi connectivity index (χ2v) is 3.84. The van der Waals surface area contributed by atoms with Crippen LogP contribution in [0.25, 0.3) is 0 Å². The summed E-state index contributed by atoms with van der Waals surface area (Å²) in [7, 11) is 0. The molecular weight excluding hydrogens is 190 g/mol. The highest BCUT2D eigenvalue weighted by molar-refractivity contribution is 5.01. The Hall–Kier alpha value is -1.38. The lowest BCUT2D eigenvalue weighted by Gasteiger charge is -2.37. The van der Waals surface area contributed by atoms with E-state index in [-0.39, 0.29) is 0 Å². The number of likely N-dealkylation sites (tertiary alicyclic amines) is 1. The van der Waals surface area contributed by atoms with Crippen molar-refractivity contribution in [2.24, 2.45) is 5.73 Å². The minimum Gasteiger partial charge on any atom is -0.282 e. The van der Waals surface area contributed by atoms with Crippen molar-refractivity contribution in [2.75, 3.05) is 13.1 Å². The van der Waals surface area contributed by atoms with Crippen molar-refractivity contribution in [3.63, 3.8) is 0 Å². The summed E-state index contributed by atoms with van der Waals surface area (Å²) < 4.78 is 1.53. The van der Waals surface area contributed by atoms with E-state index in [1.807, 2.05) is 4.90 Å². The number of hydrogen-bond acceptors (Lipinski definition) is 4. The van der Waals surface area contributed by atoms with E-state index in [1.165, 1.54) is 11.1 Å². The Morgan fingerprint density at radius 3 is 2.60 bits per heavy atom. The lowest BCUT2D eigenvalue weighted by Crippen LogP contribution is -2.58. The predicted octanol–water partition coefficient (Wildman–Crippen LogP) is 0.462. The van der Waals surface area contributed by atoms with Gasteiger partial charge in [0.15, 0.2) is 0 Å². The molecule has 1 saturated heterocycles. The number of rotatable bonds is 2. The number of nitrogens with zero attached hydrogens (tertiary/aromatic N) is 4. The van der Waals surface area contributed by atoms with Crippen LogP contribution in [-0.2, 0) is 5.79 Å². The third-order valence-electron chi connectivity index (χ3n) is 2.86. The molecule has 0 saturated carbocycles. The molecular formula is C10H15N5. The van der Waals surface area contributed by atoms with Crippen molar-refractivity contribution in [3.8, 4) is 6.07 Å². The van der Waals surface area contributed by atoms with Crippen LogP contribution in [0.4, 0.5) is 0 Å². The first kappa shape index (κ1) is 10.1. The van der Waals surface area contributed by atoms with Gasteiger partial charge in [-0.1, -0.05) is 6.42 Å². The van der Waals surface area contributed by atoms with Crippen LogP contribution in [-0.4, -0.2) is 27.8 Å². The summed E-state index contributed by atoms with van der Waals surface area (Å²) in [5, 5.41) is 13.3. The van der Waals surface area contributed by atoms with Gasteiger partial charge in [0.05, 0.1) is 0 Å². The van der Waals surface area contributed by atoms with E-state index in [9.17, 15) is 5.26 Å². The summed E-state index contributed by atoms with van der Waals surface area (Å²) >= 11 is 0. The zero-order valence-corrected chi connectivity index (χ0v) is 8.63. The Bertz CT molecular complexity index is 346. The number of hydrogen-bond donors (Lipinski definition) is 1. The molecule has 1 fully saturated rings. The first-order valence-corrected chi connectivity index (χ1v) is 5.23. The molecule has 1 aromatic rings. The quantitative estimate of drug-likeness (QED) is 0.761. The van der Waals surface area contributed by atoms with Gasteiger partial charge in [-0.3, -0.25) is 10.6 Å². The Labute approximate surface area is 89.1 Å². The summed E-state index contributed by atoms with van der Waals surface area (Å²) in [4.78, 5) is 1.99. The van der Waals surface area contributed by atoms with Crippen LogP contribution < -0.4 is 5.73 Å². The van der Waals surface area contributed by atoms with E-state index in [2.05, 4.69) is 11.2 Å².